The van der Waals surface area contributed by atoms with E-state index in [0.29, 0.717) is 102 Å². The van der Waals surface area contributed by atoms with Gasteiger partial charge in [0.2, 0.25) is 0 Å². The molecule has 8 amide bonds. The van der Waals surface area contributed by atoms with E-state index in [2.05, 4.69) is 99.8 Å². The Morgan fingerprint density at radius 3 is 0.992 bits per heavy atom. The van der Waals surface area contributed by atoms with Gasteiger partial charge in [-0.25, -0.2) is 63.7 Å². The highest BCUT2D eigenvalue weighted by Gasteiger charge is 2.45. The molecule has 14 heterocycles. The van der Waals surface area contributed by atoms with Crippen LogP contribution in [0.3, 0.4) is 0 Å². The van der Waals surface area contributed by atoms with Crippen LogP contribution in [0.5, 0.6) is 0 Å². The third kappa shape index (κ3) is 20.4. The molecule has 0 spiro atoms. The van der Waals surface area contributed by atoms with Crippen LogP contribution in [-0.2, 0) is 66.3 Å². The number of aliphatic hydroxyl groups is 2. The van der Waals surface area contributed by atoms with Crippen LogP contribution in [0.4, 0.5) is 53.6 Å². The van der Waals surface area contributed by atoms with E-state index in [1.807, 2.05) is 114 Å². The summed E-state index contributed by atoms with van der Waals surface area (Å²) < 4.78 is 29.5. The molecule has 0 atom stereocenters. The van der Waals surface area contributed by atoms with E-state index >= 15 is 0 Å². The van der Waals surface area contributed by atoms with Crippen molar-refractivity contribution >= 4 is 216 Å². The van der Waals surface area contributed by atoms with Gasteiger partial charge < -0.3 is 63.3 Å². The highest BCUT2D eigenvalue weighted by Crippen LogP contribution is 2.50. The van der Waals surface area contributed by atoms with Gasteiger partial charge in [0, 0.05) is 140 Å². The Morgan fingerprint density at radius 1 is 0.398 bits per heavy atom. The first-order valence-corrected chi connectivity index (χ1v) is 47.0. The number of pyridine rings is 5. The molecule has 12 aromatic rings. The fraction of sp³-hybridized carbons (Fsp3) is 0.344. The number of carbonyl (C=O) groups is 8. The van der Waals surface area contributed by atoms with Gasteiger partial charge >= 0.3 is 24.4 Å². The molecule has 4 N–H and O–H groups in total. The lowest BCUT2D eigenvalue weighted by Gasteiger charge is -2.31. The maximum absolute atomic E-state index is 13.9. The third-order valence-corrected chi connectivity index (χ3v) is 26.7. The van der Waals surface area contributed by atoms with E-state index < -0.39 is 64.5 Å². The van der Waals surface area contributed by atoms with Crippen molar-refractivity contribution in [2.24, 2.45) is 21.1 Å². The Hall–Kier alpha value is -11.0. The number of benzene rings is 4. The van der Waals surface area contributed by atoms with Gasteiger partial charge in [0.1, 0.15) is 51.0 Å². The molecular formula is C96H97Br2Cl4IN16O14. The minimum atomic E-state index is -0.771. The minimum Gasteiger partial charge on any atom is -0.443 e. The summed E-state index contributed by atoms with van der Waals surface area (Å²) >= 11 is 35.5. The molecule has 30 nitrogen and oxygen atoms in total. The maximum Gasteiger partial charge on any atom is 0.417 e. The average molecular weight is 2130 g/mol. The standard InChI is InChI=1S/2C31H33ClN6O4.C21H19BrClN3O3.C13H12BrClINO3/c2*1-31(2,3)42-30(41)38-17-22-26(20-7-11-33-28-21(20)10-12-36(28)4)23(32)15-24(27(22)29(38)40)35-25-6-5-18(16-34-25)37-13-8-19(39)9-14-37;1-21(2,3)29-20(28)26-10-13-16(15(23)9-14(22)17(13)19(26)27)11-5-7-24-18-12(11)6-8-25(18)4;1-13(2,3)20-12(19)17-5-6-9(11(17)18)7(14)4-8(15)10(6)16/h2*5-7,10-12,15-16,19,39H,8-9,13-14,17H2,1-4H3,(H,34,35);5-9H,10H2,1-4H3;4H,5H2,1-3H3. The number of hydrogen-bond acceptors (Lipinski definition) is 23. The largest absolute Gasteiger partial charge is 0.443 e. The SMILES string of the molecule is CC(C)(C)OC(=O)N1Cc2c(I)c(Cl)cc(Br)c2C1=O.Cn1ccc2c(-c3c(Cl)cc(Br)c4c3CN(C(=O)OC(C)(C)C)C4=O)ccnc21.Cn1ccc2c(-c3c(Cl)cc(Nc4ccc(N5CCC(O)CC5)cn4)c4c3CN(C(=O)OC(C)(C)C)C4=O)ccnc21.Cn1ccc2c(-c3c(Cl)cc(Nc4ccc(N5CCC(O)CC5)cn4)c4c3CN(C(=O)OC(C)(C)C)C4=O)ccnc21. The monoisotopic (exact) mass is 2120 g/mol. The van der Waals surface area contributed by atoms with Crippen LogP contribution < -0.4 is 20.4 Å². The van der Waals surface area contributed by atoms with Crippen LogP contribution >= 0.6 is 101 Å². The summed E-state index contributed by atoms with van der Waals surface area (Å²) in [4.78, 5) is 136. The second kappa shape index (κ2) is 38.0. The summed E-state index contributed by atoms with van der Waals surface area (Å²) in [5.41, 5.74) is 11.2. The first-order valence-electron chi connectivity index (χ1n) is 42.8. The molecule has 6 aliphatic rings. The van der Waals surface area contributed by atoms with Crippen molar-refractivity contribution in [1.29, 1.82) is 0 Å². The van der Waals surface area contributed by atoms with Crippen molar-refractivity contribution in [3.63, 3.8) is 0 Å². The zero-order valence-electron chi connectivity index (χ0n) is 75.5. The van der Waals surface area contributed by atoms with E-state index in [-0.39, 0.29) is 44.3 Å². The Kier molecular flexibility index (Phi) is 27.6. The smallest absolute Gasteiger partial charge is 0.417 e. The number of imide groups is 4. The van der Waals surface area contributed by atoms with Crippen molar-refractivity contribution in [2.75, 3.05) is 46.6 Å². The summed E-state index contributed by atoms with van der Waals surface area (Å²) in [6.07, 6.45) is 14.1. The molecule has 0 radical (unpaired) electrons. The predicted molar refractivity (Wildman–Crippen MR) is 527 cm³/mol. The summed E-state index contributed by atoms with van der Waals surface area (Å²) in [7, 11) is 5.75. The number of piperidine rings is 2. The van der Waals surface area contributed by atoms with Gasteiger partial charge in [-0.1, -0.05) is 46.4 Å². The van der Waals surface area contributed by atoms with Gasteiger partial charge in [-0.05, 0) is 282 Å². The van der Waals surface area contributed by atoms with E-state index in [1.165, 1.54) is 0 Å². The average Bonchev–Trinajstić information content (AvgIpc) is 1.60. The molecule has 2 saturated heterocycles. The Bertz CT molecular complexity index is 6460. The maximum atomic E-state index is 13.9. The zero-order chi connectivity index (χ0) is 95.8. The molecule has 37 heteroatoms. The van der Waals surface area contributed by atoms with Gasteiger partial charge in [0.05, 0.1) is 111 Å². The predicted octanol–water partition coefficient (Wildman–Crippen LogP) is 21.9. The van der Waals surface area contributed by atoms with Crippen LogP contribution in [0.15, 0.2) is 143 Å². The van der Waals surface area contributed by atoms with E-state index in [1.54, 1.807) is 138 Å². The minimum absolute atomic E-state index is 0.0114. The second-order valence-corrected chi connectivity index (χ2v) is 41.3. The van der Waals surface area contributed by atoms with Gasteiger partial charge in [0.25, 0.3) is 23.6 Å². The number of ether oxygens (including phenoxy) is 4. The summed E-state index contributed by atoms with van der Waals surface area (Å²) in [6, 6.07) is 25.9. The number of aliphatic hydroxyl groups excluding tert-OH is 2. The fourth-order valence-electron chi connectivity index (χ4n) is 16.6. The van der Waals surface area contributed by atoms with E-state index in [4.69, 9.17) is 65.4 Å². The molecule has 0 unspecified atom stereocenters. The Balaban J connectivity index is 0.000000140. The van der Waals surface area contributed by atoms with Gasteiger partial charge in [-0.3, -0.25) is 19.2 Å². The van der Waals surface area contributed by atoms with Crippen molar-refractivity contribution in [1.82, 2.24) is 58.2 Å². The number of nitrogens with one attached hydrogen (secondary N) is 2. The van der Waals surface area contributed by atoms with Crippen molar-refractivity contribution in [3.05, 3.63) is 212 Å². The number of nitrogens with zero attached hydrogens (tertiary/aromatic N) is 14. The van der Waals surface area contributed by atoms with Crippen LogP contribution in [0.1, 0.15) is 172 Å². The molecule has 4 aromatic carbocycles. The first-order chi connectivity index (χ1) is 62.7. The quantitative estimate of drug-likeness (QED) is 0.0592. The molecule has 6 aliphatic heterocycles. The Morgan fingerprint density at radius 2 is 0.684 bits per heavy atom. The third-order valence-electron chi connectivity index (χ3n) is 22.7. The first kappa shape index (κ1) is 96.6. The Labute approximate surface area is 817 Å². The number of aromatic nitrogens is 8. The summed E-state index contributed by atoms with van der Waals surface area (Å²) in [5, 5.41) is 30.8. The van der Waals surface area contributed by atoms with Crippen LogP contribution in [-0.4, -0.2) is 177 Å². The van der Waals surface area contributed by atoms with Crippen LogP contribution in [0.2, 0.25) is 20.1 Å². The van der Waals surface area contributed by atoms with Gasteiger partial charge in [-0.2, -0.15) is 0 Å². The highest BCUT2D eigenvalue weighted by atomic mass is 127. The van der Waals surface area contributed by atoms with Crippen molar-refractivity contribution < 1.29 is 67.5 Å². The lowest BCUT2D eigenvalue weighted by atomic mass is 9.94. The highest BCUT2D eigenvalue weighted by molar-refractivity contribution is 14.1. The summed E-state index contributed by atoms with van der Waals surface area (Å²) in [6.45, 7) is 24.5. The number of amides is 8. The number of rotatable bonds is 9. The second-order valence-electron chi connectivity index (χ2n) is 36.9. The molecule has 0 aliphatic carbocycles. The number of hydrogen-bond donors (Lipinski definition) is 4. The lowest BCUT2D eigenvalue weighted by molar-refractivity contribution is 0.0231. The summed E-state index contributed by atoms with van der Waals surface area (Å²) in [5.74, 6) is -0.657. The topological polar surface area (TPSA) is 337 Å². The zero-order valence-corrected chi connectivity index (χ0v) is 83.9. The fourth-order valence-corrected chi connectivity index (χ4v) is 20.0. The molecule has 0 bridgehead atoms. The molecule has 18 rings (SSSR count). The van der Waals surface area contributed by atoms with Crippen LogP contribution in [0.25, 0.3) is 66.5 Å². The van der Waals surface area contributed by atoms with Gasteiger partial charge in [0.15, 0.2) is 0 Å². The van der Waals surface area contributed by atoms with Crippen LogP contribution in [0, 0.1) is 3.57 Å². The van der Waals surface area contributed by atoms with Crippen molar-refractivity contribution in [2.45, 2.75) is 170 Å². The van der Waals surface area contributed by atoms with E-state index in [0.717, 1.165) is 147 Å². The number of aryl methyl sites for hydroxylation is 3. The molecule has 694 valence electrons. The van der Waals surface area contributed by atoms with Crippen molar-refractivity contribution in [3.8, 4) is 33.4 Å². The van der Waals surface area contributed by atoms with Gasteiger partial charge in [-0.15, -0.1) is 0 Å². The lowest BCUT2D eigenvalue weighted by Crippen LogP contribution is -2.37. The number of carbonyl (C=O) groups excluding carboxylic acids is 8. The number of fused-ring (bicyclic) bond motifs is 7. The van der Waals surface area contributed by atoms with E-state index in [9.17, 15) is 48.6 Å². The molecule has 2 fully saturated rings. The molecule has 8 aromatic heterocycles. The number of anilines is 6. The molecule has 133 heavy (non-hydrogen) atoms. The molecular weight excluding hydrogens is 2030 g/mol. The number of halogens is 7. The molecule has 0 saturated carbocycles. The normalized spacial score (nSPS) is 15.2.